The maximum atomic E-state index is 13.0. The van der Waals surface area contributed by atoms with Crippen LogP contribution in [0.2, 0.25) is 0 Å². The highest BCUT2D eigenvalue weighted by molar-refractivity contribution is 7.99. The van der Waals surface area contributed by atoms with E-state index in [-0.39, 0.29) is 29.2 Å². The van der Waals surface area contributed by atoms with Crippen molar-refractivity contribution in [3.8, 4) is 0 Å². The van der Waals surface area contributed by atoms with Gasteiger partial charge in [0.15, 0.2) is 5.84 Å². The molecule has 2 saturated heterocycles. The normalized spacial score (nSPS) is 31.5. The van der Waals surface area contributed by atoms with Crippen molar-refractivity contribution in [3.05, 3.63) is 35.5 Å². The van der Waals surface area contributed by atoms with E-state index in [4.69, 9.17) is 15.2 Å². The van der Waals surface area contributed by atoms with E-state index < -0.39 is 5.54 Å². The summed E-state index contributed by atoms with van der Waals surface area (Å²) in [7, 11) is 0. The lowest BCUT2D eigenvalue weighted by Gasteiger charge is -2.35. The van der Waals surface area contributed by atoms with Gasteiger partial charge in [-0.05, 0) is 74.8 Å². The molecular formula is C24H31N3O4S. The van der Waals surface area contributed by atoms with E-state index in [1.54, 1.807) is 6.92 Å². The summed E-state index contributed by atoms with van der Waals surface area (Å²) in [6.07, 6.45) is 1.94. The first-order valence-corrected chi connectivity index (χ1v) is 12.5. The van der Waals surface area contributed by atoms with Crippen molar-refractivity contribution in [2.24, 2.45) is 22.7 Å². The number of fused-ring (bicyclic) bond motifs is 2. The van der Waals surface area contributed by atoms with Crippen LogP contribution in [0.3, 0.4) is 0 Å². The predicted octanol–water partition coefficient (Wildman–Crippen LogP) is 3.93. The number of esters is 1. The molecule has 172 valence electrons. The summed E-state index contributed by atoms with van der Waals surface area (Å²) in [5.74, 6) is 2.54. The molecule has 0 bridgehead atoms. The monoisotopic (exact) mass is 457 g/mol. The highest BCUT2D eigenvalue weighted by Gasteiger charge is 2.71. The minimum Gasteiger partial charge on any atom is -0.461 e. The molecule has 3 fully saturated rings. The summed E-state index contributed by atoms with van der Waals surface area (Å²) in [6.45, 7) is 7.12. The van der Waals surface area contributed by atoms with Crippen molar-refractivity contribution in [2.75, 3.05) is 24.7 Å². The number of carbonyl (C=O) groups is 1. The third-order valence-corrected chi connectivity index (χ3v) is 8.66. The number of benzene rings is 1. The number of nitrogens with zero attached hydrogens (tertiary/aromatic N) is 2. The Morgan fingerprint density at radius 2 is 2.09 bits per heavy atom. The van der Waals surface area contributed by atoms with E-state index in [0.717, 1.165) is 41.9 Å². The number of carbonyl (C=O) groups excluding carboxylic acids is 1. The average molecular weight is 458 g/mol. The number of hydrogen-bond donors (Lipinski definition) is 2. The van der Waals surface area contributed by atoms with Crippen LogP contribution in [0.4, 0.5) is 0 Å². The number of aromatic nitrogens is 1. The Bertz CT molecular complexity index is 1080. The van der Waals surface area contributed by atoms with Gasteiger partial charge < -0.3 is 25.0 Å². The van der Waals surface area contributed by atoms with Gasteiger partial charge >= 0.3 is 5.97 Å². The molecule has 5 rings (SSSR count). The fourth-order valence-corrected chi connectivity index (χ4v) is 7.61. The molecule has 3 heterocycles. The highest BCUT2D eigenvalue weighted by Crippen LogP contribution is 2.64. The second kappa shape index (κ2) is 7.70. The Balaban J connectivity index is 1.65. The molecule has 3 atom stereocenters. The fourth-order valence-electron chi connectivity index (χ4n) is 5.99. The minimum atomic E-state index is -0.675. The van der Waals surface area contributed by atoms with Gasteiger partial charge in [0.25, 0.3) is 0 Å². The molecule has 2 aromatic rings. The maximum absolute atomic E-state index is 13.0. The molecule has 1 aromatic carbocycles. The molecule has 0 spiro atoms. The Morgan fingerprint density at radius 1 is 1.34 bits per heavy atom. The van der Waals surface area contributed by atoms with Crippen molar-refractivity contribution in [2.45, 2.75) is 50.7 Å². The van der Waals surface area contributed by atoms with E-state index in [2.05, 4.69) is 37.2 Å². The van der Waals surface area contributed by atoms with E-state index in [1.165, 1.54) is 5.56 Å². The van der Waals surface area contributed by atoms with Gasteiger partial charge in [-0.2, -0.15) is 11.8 Å². The molecule has 0 amide bonds. The van der Waals surface area contributed by atoms with Crippen LogP contribution in [0.5, 0.6) is 0 Å². The Hall–Kier alpha value is -2.19. The molecule has 32 heavy (non-hydrogen) atoms. The second-order valence-corrected chi connectivity index (χ2v) is 10.8. The van der Waals surface area contributed by atoms with Crippen LogP contribution in [0.1, 0.15) is 55.6 Å². The smallest absolute Gasteiger partial charge is 0.355 e. The summed E-state index contributed by atoms with van der Waals surface area (Å²) < 4.78 is 13.3. The molecule has 7 nitrogen and oxygen atoms in total. The largest absolute Gasteiger partial charge is 0.461 e. The second-order valence-electron chi connectivity index (χ2n) is 9.76. The van der Waals surface area contributed by atoms with Crippen molar-refractivity contribution in [1.29, 1.82) is 0 Å². The molecule has 1 aromatic heterocycles. The van der Waals surface area contributed by atoms with Crippen LogP contribution in [0.15, 0.2) is 29.4 Å². The zero-order valence-electron chi connectivity index (χ0n) is 18.8. The molecule has 0 radical (unpaired) electrons. The van der Waals surface area contributed by atoms with Crippen molar-refractivity contribution in [1.82, 2.24) is 4.57 Å². The summed E-state index contributed by atoms with van der Waals surface area (Å²) in [4.78, 5) is 13.0. The van der Waals surface area contributed by atoms with Gasteiger partial charge in [0.1, 0.15) is 11.2 Å². The van der Waals surface area contributed by atoms with Crippen LogP contribution in [0, 0.1) is 11.8 Å². The van der Waals surface area contributed by atoms with E-state index in [1.807, 2.05) is 22.4 Å². The average Bonchev–Trinajstić information content (AvgIpc) is 3.11. The van der Waals surface area contributed by atoms with Crippen LogP contribution >= 0.6 is 11.8 Å². The SMILES string of the molecule is CCOC(=O)c1cc2cc([C@H]3CCOC(C)(C)C3)ccc2n1C1(/C(N)=N/O)C2CSCC21. The molecular weight excluding hydrogens is 426 g/mol. The van der Waals surface area contributed by atoms with Crippen LogP contribution < -0.4 is 5.73 Å². The van der Waals surface area contributed by atoms with Gasteiger partial charge in [-0.25, -0.2) is 4.79 Å². The zero-order chi connectivity index (χ0) is 22.7. The van der Waals surface area contributed by atoms with Gasteiger partial charge in [-0.15, -0.1) is 0 Å². The lowest BCUT2D eigenvalue weighted by atomic mass is 9.83. The summed E-state index contributed by atoms with van der Waals surface area (Å²) in [5, 5.41) is 14.1. The molecule has 3 aliphatic rings. The topological polar surface area (TPSA) is 99.1 Å². The first-order chi connectivity index (χ1) is 15.3. The Kier molecular flexibility index (Phi) is 5.21. The molecule has 2 unspecified atom stereocenters. The summed E-state index contributed by atoms with van der Waals surface area (Å²) >= 11 is 1.88. The van der Waals surface area contributed by atoms with Crippen molar-refractivity contribution < 1.29 is 19.5 Å². The summed E-state index contributed by atoms with van der Waals surface area (Å²) in [5.41, 5.74) is 8.15. The van der Waals surface area contributed by atoms with Gasteiger partial charge in [0.2, 0.25) is 0 Å². The minimum absolute atomic E-state index is 0.140. The van der Waals surface area contributed by atoms with Gasteiger partial charge in [-0.1, -0.05) is 11.2 Å². The highest BCUT2D eigenvalue weighted by atomic mass is 32.2. The Morgan fingerprint density at radius 3 is 2.75 bits per heavy atom. The van der Waals surface area contributed by atoms with Crippen molar-refractivity contribution >= 4 is 34.5 Å². The van der Waals surface area contributed by atoms with Crippen LogP contribution in [-0.4, -0.2) is 51.9 Å². The van der Waals surface area contributed by atoms with Gasteiger partial charge in [-0.3, -0.25) is 0 Å². The zero-order valence-corrected chi connectivity index (χ0v) is 19.7. The standard InChI is InChI=1S/C24H31N3O4S/c1-4-30-21(28)20-10-16-9-14(15-7-8-31-23(2,3)11-15)5-6-19(16)27(20)24(22(25)26-29)17-12-32-13-18(17)24/h5-6,9-10,15,17-18,29H,4,7-8,11-13H2,1-3H3,(H2,25,26)/t15-,17?,18?,24?/m0/s1. The summed E-state index contributed by atoms with van der Waals surface area (Å²) in [6, 6.07) is 8.35. The van der Waals surface area contributed by atoms with Gasteiger partial charge in [0, 0.05) is 29.3 Å². The number of oxime groups is 1. The molecule has 2 aliphatic heterocycles. The van der Waals surface area contributed by atoms with Gasteiger partial charge in [0.05, 0.1) is 12.2 Å². The predicted molar refractivity (Wildman–Crippen MR) is 126 cm³/mol. The number of rotatable bonds is 5. The number of nitrogens with two attached hydrogens (primary N) is 1. The first kappa shape index (κ1) is 21.6. The van der Waals surface area contributed by atoms with Crippen molar-refractivity contribution in [3.63, 3.8) is 0 Å². The lowest BCUT2D eigenvalue weighted by Crippen LogP contribution is -2.41. The number of thioether (sulfide) groups is 1. The molecule has 8 heteroatoms. The van der Waals surface area contributed by atoms with E-state index in [9.17, 15) is 10.0 Å². The van der Waals surface area contributed by atoms with E-state index >= 15 is 0 Å². The first-order valence-electron chi connectivity index (χ1n) is 11.4. The number of amidine groups is 1. The quantitative estimate of drug-likeness (QED) is 0.232. The van der Waals surface area contributed by atoms with Crippen LogP contribution in [0.25, 0.3) is 10.9 Å². The molecule has 1 saturated carbocycles. The third-order valence-electron chi connectivity index (χ3n) is 7.47. The molecule has 3 N–H and O–H groups in total. The fraction of sp³-hybridized carbons (Fsp3) is 0.583. The maximum Gasteiger partial charge on any atom is 0.355 e. The Labute approximate surface area is 192 Å². The third kappa shape index (κ3) is 3.14. The number of hydrogen-bond acceptors (Lipinski definition) is 6. The lowest BCUT2D eigenvalue weighted by molar-refractivity contribution is -0.0592. The van der Waals surface area contributed by atoms with E-state index in [0.29, 0.717) is 18.2 Å². The molecule has 1 aliphatic carbocycles. The number of ether oxygens (including phenoxy) is 2. The van der Waals surface area contributed by atoms with Crippen LogP contribution in [-0.2, 0) is 15.0 Å².